The minimum atomic E-state index is -0.0626. The van der Waals surface area contributed by atoms with E-state index < -0.39 is 0 Å². The van der Waals surface area contributed by atoms with E-state index in [2.05, 4.69) is 6.07 Å². The van der Waals surface area contributed by atoms with Crippen LogP contribution in [0.5, 0.6) is 0 Å². The Bertz CT molecular complexity index is 658. The number of anilines is 1. The zero-order valence-electron chi connectivity index (χ0n) is 11.0. The molecule has 0 saturated carbocycles. The number of hydrogen-bond donors (Lipinski definition) is 0. The lowest BCUT2D eigenvalue weighted by Crippen LogP contribution is -2.39. The fraction of sp³-hybridized carbons (Fsp3) is 0.188. The van der Waals surface area contributed by atoms with Crippen molar-refractivity contribution in [3.63, 3.8) is 0 Å². The molecule has 3 rings (SSSR count). The molecule has 0 bridgehead atoms. The SMILES string of the molecule is CC1Sc2ccccc2N(Cc2ccccc2Cl)C1=O. The maximum atomic E-state index is 12.5. The molecule has 0 spiro atoms. The van der Waals surface area contributed by atoms with Gasteiger partial charge in [-0.25, -0.2) is 0 Å². The minimum absolute atomic E-state index is 0.0626. The first-order valence-electron chi connectivity index (χ1n) is 6.47. The average Bonchev–Trinajstić information content (AvgIpc) is 2.46. The molecule has 2 nitrogen and oxygen atoms in total. The van der Waals surface area contributed by atoms with Crippen molar-refractivity contribution in [1.29, 1.82) is 0 Å². The fourth-order valence-corrected chi connectivity index (χ4v) is 3.58. The quantitative estimate of drug-likeness (QED) is 0.821. The molecular weight excluding hydrogens is 290 g/mol. The third-order valence-electron chi connectivity index (χ3n) is 3.36. The number of rotatable bonds is 2. The lowest BCUT2D eigenvalue weighted by atomic mass is 10.1. The van der Waals surface area contributed by atoms with E-state index in [0.717, 1.165) is 16.1 Å². The summed E-state index contributed by atoms with van der Waals surface area (Å²) in [7, 11) is 0. The van der Waals surface area contributed by atoms with Crippen molar-refractivity contribution in [1.82, 2.24) is 0 Å². The average molecular weight is 304 g/mol. The van der Waals surface area contributed by atoms with Gasteiger partial charge in [0.25, 0.3) is 0 Å². The van der Waals surface area contributed by atoms with Gasteiger partial charge < -0.3 is 4.90 Å². The molecule has 0 N–H and O–H groups in total. The molecule has 102 valence electrons. The van der Waals surface area contributed by atoms with Crippen molar-refractivity contribution < 1.29 is 4.79 Å². The van der Waals surface area contributed by atoms with Crippen LogP contribution in [0, 0.1) is 0 Å². The monoisotopic (exact) mass is 303 g/mol. The molecule has 0 aromatic heterocycles. The molecule has 1 atom stereocenters. The Morgan fingerprint density at radius 3 is 2.65 bits per heavy atom. The van der Waals surface area contributed by atoms with Gasteiger partial charge in [-0.2, -0.15) is 0 Å². The van der Waals surface area contributed by atoms with Gasteiger partial charge in [0.2, 0.25) is 5.91 Å². The maximum absolute atomic E-state index is 12.5. The van der Waals surface area contributed by atoms with E-state index >= 15 is 0 Å². The van der Waals surface area contributed by atoms with Crippen molar-refractivity contribution in [2.75, 3.05) is 4.90 Å². The van der Waals surface area contributed by atoms with Crippen LogP contribution in [0.1, 0.15) is 12.5 Å². The summed E-state index contributed by atoms with van der Waals surface area (Å²) >= 11 is 7.83. The summed E-state index contributed by atoms with van der Waals surface area (Å²) in [6.45, 7) is 2.46. The number of benzene rings is 2. The normalized spacial score (nSPS) is 18.0. The third kappa shape index (κ3) is 2.43. The predicted octanol–water partition coefficient (Wildman–Crippen LogP) is 4.37. The fourth-order valence-electron chi connectivity index (χ4n) is 2.32. The number of para-hydroxylation sites is 1. The van der Waals surface area contributed by atoms with Crippen molar-refractivity contribution >= 4 is 35.0 Å². The summed E-state index contributed by atoms with van der Waals surface area (Å²) in [6.07, 6.45) is 0. The number of halogens is 1. The van der Waals surface area contributed by atoms with Gasteiger partial charge in [-0.15, -0.1) is 11.8 Å². The largest absolute Gasteiger partial charge is 0.306 e. The second-order valence-electron chi connectivity index (χ2n) is 4.74. The Labute approximate surface area is 127 Å². The Morgan fingerprint density at radius 2 is 1.85 bits per heavy atom. The van der Waals surface area contributed by atoms with Gasteiger partial charge in [-0.3, -0.25) is 4.79 Å². The number of hydrogen-bond acceptors (Lipinski definition) is 2. The molecule has 0 radical (unpaired) electrons. The highest BCUT2D eigenvalue weighted by molar-refractivity contribution is 8.00. The van der Waals surface area contributed by atoms with E-state index in [4.69, 9.17) is 11.6 Å². The van der Waals surface area contributed by atoms with E-state index in [1.807, 2.05) is 54.3 Å². The van der Waals surface area contributed by atoms with Crippen molar-refractivity contribution in [3.05, 3.63) is 59.1 Å². The second-order valence-corrected chi connectivity index (χ2v) is 6.53. The summed E-state index contributed by atoms with van der Waals surface area (Å²) in [5, 5.41) is 0.635. The van der Waals surface area contributed by atoms with E-state index in [0.29, 0.717) is 11.6 Å². The van der Waals surface area contributed by atoms with Crippen LogP contribution in [-0.2, 0) is 11.3 Å². The first kappa shape index (κ1) is 13.5. The number of carbonyl (C=O) groups excluding carboxylic acids is 1. The molecule has 20 heavy (non-hydrogen) atoms. The van der Waals surface area contributed by atoms with Crippen LogP contribution in [0.4, 0.5) is 5.69 Å². The van der Waals surface area contributed by atoms with Crippen LogP contribution in [0.25, 0.3) is 0 Å². The van der Waals surface area contributed by atoms with Gasteiger partial charge in [-0.05, 0) is 30.7 Å². The van der Waals surface area contributed by atoms with Crippen LogP contribution < -0.4 is 4.90 Å². The molecule has 1 aliphatic rings. The highest BCUT2D eigenvalue weighted by Gasteiger charge is 2.30. The number of amides is 1. The predicted molar refractivity (Wildman–Crippen MR) is 84.4 cm³/mol. The topological polar surface area (TPSA) is 20.3 Å². The van der Waals surface area contributed by atoms with Gasteiger partial charge >= 0.3 is 0 Å². The summed E-state index contributed by atoms with van der Waals surface area (Å²) < 4.78 is 0. The Morgan fingerprint density at radius 1 is 1.15 bits per heavy atom. The minimum Gasteiger partial charge on any atom is -0.306 e. The summed E-state index contributed by atoms with van der Waals surface area (Å²) in [4.78, 5) is 15.4. The van der Waals surface area contributed by atoms with Gasteiger partial charge in [0.15, 0.2) is 0 Å². The summed E-state index contributed by atoms with van der Waals surface area (Å²) in [6, 6.07) is 15.7. The molecule has 4 heteroatoms. The lowest BCUT2D eigenvalue weighted by molar-refractivity contribution is -0.118. The standard InChI is InChI=1S/C16H14ClNOS/c1-11-16(19)18(10-12-6-2-3-7-13(12)17)14-8-4-5-9-15(14)20-11/h2-9,11H,10H2,1H3. The first-order chi connectivity index (χ1) is 9.66. The number of nitrogens with zero attached hydrogens (tertiary/aromatic N) is 1. The van der Waals surface area contributed by atoms with E-state index in [9.17, 15) is 4.79 Å². The Hall–Kier alpha value is -1.45. The zero-order valence-corrected chi connectivity index (χ0v) is 12.6. The third-order valence-corrected chi connectivity index (χ3v) is 4.88. The lowest BCUT2D eigenvalue weighted by Gasteiger charge is -2.32. The smallest absolute Gasteiger partial charge is 0.240 e. The first-order valence-corrected chi connectivity index (χ1v) is 7.73. The molecule has 1 aliphatic heterocycles. The molecule has 1 unspecified atom stereocenters. The van der Waals surface area contributed by atoms with Crippen LogP contribution in [0.2, 0.25) is 5.02 Å². The van der Waals surface area contributed by atoms with Crippen LogP contribution in [0.3, 0.4) is 0 Å². The number of fused-ring (bicyclic) bond motifs is 1. The van der Waals surface area contributed by atoms with Crippen LogP contribution in [-0.4, -0.2) is 11.2 Å². The van der Waals surface area contributed by atoms with E-state index in [1.165, 1.54) is 0 Å². The highest BCUT2D eigenvalue weighted by Crippen LogP contribution is 2.39. The zero-order chi connectivity index (χ0) is 14.1. The summed E-state index contributed by atoms with van der Waals surface area (Å²) in [5.74, 6) is 0.133. The molecule has 2 aromatic carbocycles. The van der Waals surface area contributed by atoms with Crippen molar-refractivity contribution in [2.24, 2.45) is 0 Å². The number of carbonyl (C=O) groups is 1. The summed E-state index contributed by atoms with van der Waals surface area (Å²) in [5.41, 5.74) is 1.94. The Kier molecular flexibility index (Phi) is 3.72. The van der Waals surface area contributed by atoms with E-state index in [1.54, 1.807) is 11.8 Å². The van der Waals surface area contributed by atoms with Crippen molar-refractivity contribution in [3.8, 4) is 0 Å². The van der Waals surface area contributed by atoms with Gasteiger partial charge in [0.05, 0.1) is 17.5 Å². The molecule has 1 amide bonds. The molecule has 1 heterocycles. The molecular formula is C16H14ClNOS. The van der Waals surface area contributed by atoms with Crippen LogP contribution >= 0.6 is 23.4 Å². The van der Waals surface area contributed by atoms with Crippen LogP contribution in [0.15, 0.2) is 53.4 Å². The Balaban J connectivity index is 2.00. The van der Waals surface area contributed by atoms with Gasteiger partial charge in [0.1, 0.15) is 0 Å². The van der Waals surface area contributed by atoms with Crippen molar-refractivity contribution in [2.45, 2.75) is 23.6 Å². The highest BCUT2D eigenvalue weighted by atomic mass is 35.5. The molecule has 0 saturated heterocycles. The van der Waals surface area contributed by atoms with Gasteiger partial charge in [-0.1, -0.05) is 41.9 Å². The number of thioether (sulfide) groups is 1. The molecule has 0 aliphatic carbocycles. The maximum Gasteiger partial charge on any atom is 0.240 e. The molecule has 0 fully saturated rings. The van der Waals surface area contributed by atoms with E-state index in [-0.39, 0.29) is 11.2 Å². The van der Waals surface area contributed by atoms with Gasteiger partial charge in [0, 0.05) is 9.92 Å². The second kappa shape index (κ2) is 5.51. The molecule has 2 aromatic rings.